The van der Waals surface area contributed by atoms with E-state index < -0.39 is 0 Å². The lowest BCUT2D eigenvalue weighted by atomic mass is 9.84. The number of pyridine rings is 2. The molecule has 43 heavy (non-hydrogen) atoms. The zero-order valence-electron chi connectivity index (χ0n) is 23.8. The molecule has 0 radical (unpaired) electrons. The average molecular weight is 549 g/mol. The van der Waals surface area contributed by atoms with E-state index in [-0.39, 0.29) is 0 Å². The molecule has 0 saturated heterocycles. The molecule has 0 spiro atoms. The normalized spacial score (nSPS) is 11.4. The predicted molar refractivity (Wildman–Crippen MR) is 181 cm³/mol. The highest BCUT2D eigenvalue weighted by Gasteiger charge is 2.19. The molecule has 2 aromatic heterocycles. The topological polar surface area (TPSA) is 25.8 Å². The quantitative estimate of drug-likeness (QED) is 0.204. The highest BCUT2D eigenvalue weighted by Crippen LogP contribution is 2.46. The molecule has 2 nitrogen and oxygen atoms in total. The number of nitrogens with zero attached hydrogens (tertiary/aromatic N) is 2. The van der Waals surface area contributed by atoms with Gasteiger partial charge in [0.25, 0.3) is 0 Å². The minimum Gasteiger partial charge on any atom is -0.264 e. The molecule has 0 aliphatic heterocycles. The minimum absolute atomic E-state index is 1.06. The Kier molecular flexibility index (Phi) is 6.05. The van der Waals surface area contributed by atoms with Crippen molar-refractivity contribution >= 4 is 32.3 Å². The Labute approximate surface area is 251 Å². The summed E-state index contributed by atoms with van der Waals surface area (Å²) in [4.78, 5) is 8.85. The van der Waals surface area contributed by atoms with E-state index in [9.17, 15) is 0 Å². The molecule has 0 N–H and O–H groups in total. The molecule has 0 aliphatic carbocycles. The van der Waals surface area contributed by atoms with E-state index in [4.69, 9.17) is 0 Å². The van der Waals surface area contributed by atoms with E-state index in [0.29, 0.717) is 0 Å². The lowest BCUT2D eigenvalue weighted by molar-refractivity contribution is 1.30. The van der Waals surface area contributed by atoms with Crippen LogP contribution in [0.3, 0.4) is 0 Å². The van der Waals surface area contributed by atoms with E-state index in [1.165, 1.54) is 65.7 Å². The van der Waals surface area contributed by atoms with Gasteiger partial charge in [-0.2, -0.15) is 0 Å². The number of hydrogen-bond acceptors (Lipinski definition) is 2. The van der Waals surface area contributed by atoms with Crippen LogP contribution in [0.1, 0.15) is 5.56 Å². The summed E-state index contributed by atoms with van der Waals surface area (Å²) in [5.41, 5.74) is 10.8. The van der Waals surface area contributed by atoms with Gasteiger partial charge in [0.1, 0.15) is 0 Å². The Hall–Kier alpha value is -5.60. The summed E-state index contributed by atoms with van der Waals surface area (Å²) < 4.78 is 0. The van der Waals surface area contributed by atoms with E-state index in [2.05, 4.69) is 138 Å². The second-order valence-electron chi connectivity index (χ2n) is 11.1. The molecule has 2 heterocycles. The van der Waals surface area contributed by atoms with E-state index in [1.54, 1.807) is 0 Å². The lowest BCUT2D eigenvalue weighted by Gasteiger charge is -2.19. The van der Waals surface area contributed by atoms with Crippen LogP contribution in [0.15, 0.2) is 152 Å². The second kappa shape index (κ2) is 10.3. The maximum atomic E-state index is 4.47. The number of rotatable bonds is 4. The first kappa shape index (κ1) is 25.1. The van der Waals surface area contributed by atoms with Gasteiger partial charge in [-0.05, 0) is 84.8 Å². The third kappa shape index (κ3) is 4.19. The van der Waals surface area contributed by atoms with Crippen molar-refractivity contribution < 1.29 is 0 Å². The molecule has 0 bridgehead atoms. The molecule has 0 unspecified atom stereocenters. The van der Waals surface area contributed by atoms with Crippen LogP contribution in [-0.4, -0.2) is 9.97 Å². The van der Waals surface area contributed by atoms with Gasteiger partial charge in [-0.25, -0.2) is 0 Å². The fraction of sp³-hybridized carbons (Fsp3) is 0.0244. The average Bonchev–Trinajstić information content (AvgIpc) is 3.08. The van der Waals surface area contributed by atoms with Crippen molar-refractivity contribution in [2.45, 2.75) is 6.92 Å². The zero-order chi connectivity index (χ0) is 28.8. The third-order valence-electron chi connectivity index (χ3n) is 8.55. The Morgan fingerprint density at radius 2 is 0.930 bits per heavy atom. The van der Waals surface area contributed by atoms with E-state index >= 15 is 0 Å². The number of hydrogen-bond donors (Lipinski definition) is 0. The monoisotopic (exact) mass is 548 g/mol. The molecular weight excluding hydrogens is 520 g/mol. The first-order valence-corrected chi connectivity index (χ1v) is 14.7. The first-order valence-electron chi connectivity index (χ1n) is 14.7. The zero-order valence-corrected chi connectivity index (χ0v) is 23.8. The number of fused-ring (bicyclic) bond motifs is 3. The smallest absolute Gasteiger partial charge is 0.0353 e. The van der Waals surface area contributed by atoms with Gasteiger partial charge < -0.3 is 0 Å². The highest BCUT2D eigenvalue weighted by atomic mass is 14.6. The summed E-state index contributed by atoms with van der Waals surface area (Å²) in [5.74, 6) is 0. The number of benzene rings is 6. The fourth-order valence-electron chi connectivity index (χ4n) is 6.59. The highest BCUT2D eigenvalue weighted by molar-refractivity contribution is 6.24. The molecule has 0 atom stereocenters. The molecule has 8 aromatic rings. The minimum atomic E-state index is 1.06. The standard InChI is InChI=1S/C41H28N2/c1-27-18-20-28(21-19-27)40-35-10-2-4-12-37(35)41(38-13-5-3-11-36(38)40)34-17-7-15-30-31(14-6-16-32(30)34)33-22-24-43-26-39(33)29-9-8-23-42-25-29/h2-26H,1H3. The summed E-state index contributed by atoms with van der Waals surface area (Å²) in [6.45, 7) is 2.14. The SMILES string of the molecule is Cc1ccc(-c2c3ccccc3c(-c3cccc4c(-c5ccncc5-c5cccnc5)cccc34)c3ccccc23)cc1. The molecule has 0 saturated carbocycles. The summed E-state index contributed by atoms with van der Waals surface area (Å²) in [6.07, 6.45) is 7.54. The second-order valence-corrected chi connectivity index (χ2v) is 11.1. The van der Waals surface area contributed by atoms with Crippen LogP contribution < -0.4 is 0 Å². The van der Waals surface area contributed by atoms with Gasteiger partial charge in [0, 0.05) is 35.9 Å². The Bertz CT molecular complexity index is 2230. The van der Waals surface area contributed by atoms with Crippen LogP contribution in [0.2, 0.25) is 0 Å². The van der Waals surface area contributed by atoms with Gasteiger partial charge in [-0.1, -0.05) is 121 Å². The maximum absolute atomic E-state index is 4.47. The Morgan fingerprint density at radius 1 is 0.349 bits per heavy atom. The summed E-state index contributed by atoms with van der Waals surface area (Å²) in [7, 11) is 0. The number of aryl methyl sites for hydroxylation is 1. The van der Waals surface area contributed by atoms with Gasteiger partial charge in [-0.3, -0.25) is 9.97 Å². The summed E-state index contributed by atoms with van der Waals surface area (Å²) in [6, 6.07) is 46.2. The maximum Gasteiger partial charge on any atom is 0.0353 e. The fourth-order valence-corrected chi connectivity index (χ4v) is 6.59. The van der Waals surface area contributed by atoms with Crippen molar-refractivity contribution in [3.05, 3.63) is 158 Å². The molecule has 202 valence electrons. The van der Waals surface area contributed by atoms with Gasteiger partial charge in [0.2, 0.25) is 0 Å². The van der Waals surface area contributed by atoms with Crippen molar-refractivity contribution in [3.8, 4) is 44.5 Å². The predicted octanol–water partition coefficient (Wildman–Crippen LogP) is 10.9. The van der Waals surface area contributed by atoms with Gasteiger partial charge in [-0.15, -0.1) is 0 Å². The molecule has 2 heteroatoms. The molecule has 0 aliphatic rings. The Morgan fingerprint density at radius 3 is 1.58 bits per heavy atom. The number of aromatic nitrogens is 2. The van der Waals surface area contributed by atoms with Crippen molar-refractivity contribution in [1.29, 1.82) is 0 Å². The van der Waals surface area contributed by atoms with Gasteiger partial charge in [0.05, 0.1) is 0 Å². The van der Waals surface area contributed by atoms with Crippen LogP contribution >= 0.6 is 0 Å². The lowest BCUT2D eigenvalue weighted by Crippen LogP contribution is -1.93. The van der Waals surface area contributed by atoms with Crippen LogP contribution in [0.25, 0.3) is 76.8 Å². The molecule has 0 amide bonds. The van der Waals surface area contributed by atoms with Gasteiger partial charge in [0.15, 0.2) is 0 Å². The van der Waals surface area contributed by atoms with Crippen molar-refractivity contribution in [3.63, 3.8) is 0 Å². The molecular formula is C41H28N2. The van der Waals surface area contributed by atoms with Crippen molar-refractivity contribution in [1.82, 2.24) is 9.97 Å². The van der Waals surface area contributed by atoms with Crippen LogP contribution in [0, 0.1) is 6.92 Å². The van der Waals surface area contributed by atoms with Crippen LogP contribution in [0.4, 0.5) is 0 Å². The Balaban J connectivity index is 1.44. The van der Waals surface area contributed by atoms with Crippen molar-refractivity contribution in [2.75, 3.05) is 0 Å². The first-order chi connectivity index (χ1) is 21.3. The van der Waals surface area contributed by atoms with Crippen LogP contribution in [-0.2, 0) is 0 Å². The van der Waals surface area contributed by atoms with E-state index in [1.807, 2.05) is 30.9 Å². The van der Waals surface area contributed by atoms with E-state index in [0.717, 1.165) is 16.7 Å². The van der Waals surface area contributed by atoms with Crippen LogP contribution in [0.5, 0.6) is 0 Å². The summed E-state index contributed by atoms with van der Waals surface area (Å²) >= 11 is 0. The summed E-state index contributed by atoms with van der Waals surface area (Å²) in [5, 5.41) is 7.49. The van der Waals surface area contributed by atoms with Gasteiger partial charge >= 0.3 is 0 Å². The van der Waals surface area contributed by atoms with Crippen molar-refractivity contribution in [2.24, 2.45) is 0 Å². The largest absolute Gasteiger partial charge is 0.264 e. The third-order valence-corrected chi connectivity index (χ3v) is 8.55. The molecule has 6 aromatic carbocycles. The molecule has 8 rings (SSSR count). The molecule has 0 fully saturated rings.